The molecule has 8 heteroatoms. The van der Waals surface area contributed by atoms with Crippen LogP contribution in [0.3, 0.4) is 0 Å². The Morgan fingerprint density at radius 1 is 1.26 bits per heavy atom. The molecule has 0 fully saturated rings. The summed E-state index contributed by atoms with van der Waals surface area (Å²) in [6.07, 6.45) is 1.32. The number of aromatic carboxylic acids is 1. The molecule has 0 amide bonds. The van der Waals surface area contributed by atoms with Crippen LogP contribution in [-0.4, -0.2) is 31.6 Å². The lowest BCUT2D eigenvalue weighted by Gasteiger charge is -2.13. The highest BCUT2D eigenvalue weighted by molar-refractivity contribution is 7.92. The van der Waals surface area contributed by atoms with Gasteiger partial charge in [-0.3, -0.25) is 4.72 Å². The summed E-state index contributed by atoms with van der Waals surface area (Å²) in [5, 5.41) is 9.10. The van der Waals surface area contributed by atoms with E-state index in [-0.39, 0.29) is 16.1 Å². The van der Waals surface area contributed by atoms with Crippen molar-refractivity contribution in [1.82, 2.24) is 4.98 Å². The van der Waals surface area contributed by atoms with E-state index in [0.717, 1.165) is 6.07 Å². The van der Waals surface area contributed by atoms with Gasteiger partial charge >= 0.3 is 5.97 Å². The summed E-state index contributed by atoms with van der Waals surface area (Å²) < 4.78 is 32.4. The van der Waals surface area contributed by atoms with Gasteiger partial charge in [-0.2, -0.15) is 0 Å². The molecule has 1 aromatic heterocycles. The highest BCUT2D eigenvalue weighted by atomic mass is 32.2. The van der Waals surface area contributed by atoms with Gasteiger partial charge in [-0.25, -0.2) is 18.2 Å². The number of aromatic nitrogens is 1. The molecule has 0 aliphatic rings. The molecule has 0 aliphatic carbocycles. The topological polar surface area (TPSA) is 106 Å². The van der Waals surface area contributed by atoms with E-state index < -0.39 is 16.0 Å². The van der Waals surface area contributed by atoms with Gasteiger partial charge in [0.25, 0.3) is 10.0 Å². The summed E-state index contributed by atoms with van der Waals surface area (Å²) >= 11 is 0. The Labute approximate surface area is 134 Å². The number of pyridine rings is 1. The smallest absolute Gasteiger partial charge is 0.335 e. The molecular formula is C15H16N2O5S. The van der Waals surface area contributed by atoms with E-state index >= 15 is 0 Å². The van der Waals surface area contributed by atoms with E-state index in [9.17, 15) is 13.2 Å². The average molecular weight is 336 g/mol. The molecule has 2 N–H and O–H groups in total. The molecule has 2 aromatic rings. The van der Waals surface area contributed by atoms with Gasteiger partial charge in [-0.1, -0.05) is 0 Å². The van der Waals surface area contributed by atoms with Gasteiger partial charge in [0.2, 0.25) is 5.88 Å². The first kappa shape index (κ1) is 16.8. The number of hydrogen-bond donors (Lipinski definition) is 2. The van der Waals surface area contributed by atoms with Gasteiger partial charge < -0.3 is 9.84 Å². The van der Waals surface area contributed by atoms with Gasteiger partial charge in [0, 0.05) is 6.07 Å². The molecule has 0 atom stereocenters. The minimum atomic E-state index is -3.94. The number of hydrogen-bond acceptors (Lipinski definition) is 5. The number of benzene rings is 1. The lowest BCUT2D eigenvalue weighted by Crippen LogP contribution is -2.16. The van der Waals surface area contributed by atoms with Crippen LogP contribution in [0, 0.1) is 13.8 Å². The second-order valence-corrected chi connectivity index (χ2v) is 6.57. The van der Waals surface area contributed by atoms with Crippen molar-refractivity contribution in [2.45, 2.75) is 18.7 Å². The molecule has 122 valence electrons. The van der Waals surface area contributed by atoms with Crippen molar-refractivity contribution in [2.75, 3.05) is 11.8 Å². The van der Waals surface area contributed by atoms with Crippen LogP contribution < -0.4 is 9.46 Å². The third kappa shape index (κ3) is 3.59. The zero-order chi connectivity index (χ0) is 17.2. The van der Waals surface area contributed by atoms with Gasteiger partial charge in [0.05, 0.1) is 29.5 Å². The van der Waals surface area contributed by atoms with E-state index in [1.807, 2.05) is 0 Å². The van der Waals surface area contributed by atoms with Crippen LogP contribution in [-0.2, 0) is 10.0 Å². The Kier molecular flexibility index (Phi) is 4.55. The van der Waals surface area contributed by atoms with Crippen molar-refractivity contribution in [2.24, 2.45) is 0 Å². The highest BCUT2D eigenvalue weighted by Crippen LogP contribution is 2.24. The maximum Gasteiger partial charge on any atom is 0.335 e. The van der Waals surface area contributed by atoms with Gasteiger partial charge in [0.1, 0.15) is 0 Å². The quantitative estimate of drug-likeness (QED) is 0.867. The summed E-state index contributed by atoms with van der Waals surface area (Å²) in [7, 11) is -2.48. The predicted molar refractivity (Wildman–Crippen MR) is 84.5 cm³/mol. The summed E-state index contributed by atoms with van der Waals surface area (Å²) in [4.78, 5) is 15.0. The number of nitrogens with one attached hydrogen (secondary N) is 1. The maximum absolute atomic E-state index is 12.5. The van der Waals surface area contributed by atoms with E-state index in [1.165, 1.54) is 31.5 Å². The van der Waals surface area contributed by atoms with Crippen molar-refractivity contribution in [3.63, 3.8) is 0 Å². The molecule has 23 heavy (non-hydrogen) atoms. The van der Waals surface area contributed by atoms with E-state index in [4.69, 9.17) is 9.84 Å². The normalized spacial score (nSPS) is 11.1. The Balaban J connectivity index is 2.44. The second-order valence-electron chi connectivity index (χ2n) is 4.92. The number of anilines is 1. The number of rotatable bonds is 5. The van der Waals surface area contributed by atoms with Gasteiger partial charge in [0.15, 0.2) is 0 Å². The number of ether oxygens (including phenoxy) is 1. The lowest BCUT2D eigenvalue weighted by molar-refractivity contribution is 0.0696. The van der Waals surface area contributed by atoms with Gasteiger partial charge in [-0.05, 0) is 43.2 Å². The first-order chi connectivity index (χ1) is 10.7. The molecule has 0 aliphatic heterocycles. The minimum absolute atomic E-state index is 0.0780. The van der Waals surface area contributed by atoms with Crippen molar-refractivity contribution < 1.29 is 23.1 Å². The third-order valence-electron chi connectivity index (χ3n) is 3.35. The molecule has 1 heterocycles. The number of carbonyl (C=O) groups is 1. The van der Waals surface area contributed by atoms with Crippen molar-refractivity contribution in [3.8, 4) is 5.88 Å². The molecule has 0 saturated carbocycles. The van der Waals surface area contributed by atoms with Crippen LogP contribution in [0.4, 0.5) is 5.69 Å². The molecular weight excluding hydrogens is 320 g/mol. The maximum atomic E-state index is 12.5. The Bertz CT molecular complexity index is 845. The molecule has 2 rings (SSSR count). The largest absolute Gasteiger partial charge is 0.481 e. The summed E-state index contributed by atoms with van der Waals surface area (Å²) in [6, 6.07) is 5.60. The molecule has 1 aromatic carbocycles. The van der Waals surface area contributed by atoms with Crippen LogP contribution in [0.15, 0.2) is 35.4 Å². The fourth-order valence-corrected chi connectivity index (χ4v) is 3.39. The number of nitrogens with zero attached hydrogens (tertiary/aromatic N) is 1. The lowest BCUT2D eigenvalue weighted by atomic mass is 10.1. The predicted octanol–water partition coefficient (Wildman–Crippen LogP) is 2.21. The number of carboxylic acid groups (broad SMARTS) is 1. The average Bonchev–Trinajstić information content (AvgIpc) is 2.49. The van der Waals surface area contributed by atoms with E-state index in [1.54, 1.807) is 13.8 Å². The van der Waals surface area contributed by atoms with Crippen molar-refractivity contribution in [1.29, 1.82) is 0 Å². The SMILES string of the molecule is COc1ccc(NS(=O)(=O)c2cc(C(=O)O)cc(C)c2C)cn1. The third-order valence-corrected chi connectivity index (χ3v) is 4.86. The number of methoxy groups -OCH3 is 1. The first-order valence-corrected chi connectivity index (χ1v) is 8.10. The fourth-order valence-electron chi connectivity index (χ4n) is 2.00. The molecule has 0 spiro atoms. The van der Waals surface area contributed by atoms with Crippen LogP contribution in [0.2, 0.25) is 0 Å². The highest BCUT2D eigenvalue weighted by Gasteiger charge is 2.21. The van der Waals surface area contributed by atoms with Crippen molar-refractivity contribution in [3.05, 3.63) is 47.2 Å². The number of sulfonamides is 1. The first-order valence-electron chi connectivity index (χ1n) is 6.62. The van der Waals surface area contributed by atoms with E-state index in [0.29, 0.717) is 17.0 Å². The van der Waals surface area contributed by atoms with Crippen molar-refractivity contribution >= 4 is 21.7 Å². The fraction of sp³-hybridized carbons (Fsp3) is 0.200. The van der Waals surface area contributed by atoms with E-state index in [2.05, 4.69) is 9.71 Å². The Hall–Kier alpha value is -2.61. The van der Waals surface area contributed by atoms with Gasteiger partial charge in [-0.15, -0.1) is 0 Å². The monoisotopic (exact) mass is 336 g/mol. The Morgan fingerprint density at radius 3 is 2.48 bits per heavy atom. The van der Waals surface area contributed by atoms with Crippen LogP contribution in [0.1, 0.15) is 21.5 Å². The summed E-state index contributed by atoms with van der Waals surface area (Å²) in [5.41, 5.74) is 1.24. The van der Waals surface area contributed by atoms with Crippen LogP contribution in [0.25, 0.3) is 0 Å². The minimum Gasteiger partial charge on any atom is -0.481 e. The van der Waals surface area contributed by atoms with Crippen LogP contribution >= 0.6 is 0 Å². The summed E-state index contributed by atoms with van der Waals surface area (Å²) in [5.74, 6) is -0.830. The standard InChI is InChI=1S/C15H16N2O5S/c1-9-6-11(15(18)19)7-13(10(9)2)23(20,21)17-12-4-5-14(22-3)16-8-12/h4-8,17H,1-3H3,(H,18,19). The number of carboxylic acids is 1. The molecule has 0 bridgehead atoms. The second kappa shape index (κ2) is 6.25. The zero-order valence-electron chi connectivity index (χ0n) is 12.8. The summed E-state index contributed by atoms with van der Waals surface area (Å²) in [6.45, 7) is 3.29. The molecule has 7 nitrogen and oxygen atoms in total. The Morgan fingerprint density at radius 2 is 1.96 bits per heavy atom. The number of aryl methyl sites for hydroxylation is 1. The van der Waals surface area contributed by atoms with Crippen LogP contribution in [0.5, 0.6) is 5.88 Å². The molecule has 0 unspecified atom stereocenters. The zero-order valence-corrected chi connectivity index (χ0v) is 13.6. The molecule has 0 radical (unpaired) electrons. The molecule has 0 saturated heterocycles.